The lowest BCUT2D eigenvalue weighted by atomic mass is 9.95. The summed E-state index contributed by atoms with van der Waals surface area (Å²) >= 11 is 0. The summed E-state index contributed by atoms with van der Waals surface area (Å²) in [5, 5.41) is 13.3. The average molecular weight is 271 g/mol. The number of carbonyl (C=O) groups is 1. The Bertz CT molecular complexity index is 645. The number of furan rings is 1. The van der Waals surface area contributed by atoms with E-state index in [-0.39, 0.29) is 5.91 Å². The Morgan fingerprint density at radius 2 is 2.20 bits per heavy atom. The third-order valence-corrected chi connectivity index (χ3v) is 3.74. The molecule has 0 saturated heterocycles. The molecule has 4 nitrogen and oxygen atoms in total. The van der Waals surface area contributed by atoms with E-state index in [9.17, 15) is 9.90 Å². The molecule has 1 unspecified atom stereocenters. The van der Waals surface area contributed by atoms with Crippen LogP contribution >= 0.6 is 0 Å². The predicted molar refractivity (Wildman–Crippen MR) is 75.5 cm³/mol. The van der Waals surface area contributed by atoms with Crippen LogP contribution in [0.25, 0.3) is 0 Å². The van der Waals surface area contributed by atoms with Crippen molar-refractivity contribution in [2.75, 3.05) is 5.32 Å². The van der Waals surface area contributed by atoms with Gasteiger partial charge in [-0.1, -0.05) is 19.1 Å². The zero-order valence-corrected chi connectivity index (χ0v) is 11.3. The highest BCUT2D eigenvalue weighted by atomic mass is 16.3. The maximum Gasteiger partial charge on any atom is 0.224 e. The van der Waals surface area contributed by atoms with Crippen molar-refractivity contribution in [3.63, 3.8) is 0 Å². The van der Waals surface area contributed by atoms with Gasteiger partial charge in [-0.15, -0.1) is 0 Å². The van der Waals surface area contributed by atoms with E-state index in [0.717, 1.165) is 34.6 Å². The Morgan fingerprint density at radius 1 is 1.35 bits per heavy atom. The molecule has 0 spiro atoms. The SMILES string of the molecule is CCc1occc1C(O)c1ccc2c(c1)CCC(=O)N2. The number of hydrogen-bond acceptors (Lipinski definition) is 3. The standard InChI is InChI=1S/C16H17NO3/c1-2-14-12(7-8-20-14)16(19)11-3-5-13-10(9-11)4-6-15(18)17-13/h3,5,7-9,16,19H,2,4,6H2,1H3,(H,17,18). The predicted octanol–water partition coefficient (Wildman–Crippen LogP) is 2.81. The number of carbonyl (C=O) groups excluding carboxylic acids is 1. The van der Waals surface area contributed by atoms with Gasteiger partial charge in [0.25, 0.3) is 0 Å². The maximum absolute atomic E-state index is 11.3. The number of aliphatic hydroxyl groups is 1. The number of fused-ring (bicyclic) bond motifs is 1. The van der Waals surface area contributed by atoms with Crippen LogP contribution in [0, 0.1) is 0 Å². The summed E-state index contributed by atoms with van der Waals surface area (Å²) in [6.45, 7) is 2.00. The Morgan fingerprint density at radius 3 is 3.00 bits per heavy atom. The number of nitrogens with one attached hydrogen (secondary N) is 1. The molecule has 4 heteroatoms. The van der Waals surface area contributed by atoms with Gasteiger partial charge in [-0.2, -0.15) is 0 Å². The van der Waals surface area contributed by atoms with Crippen LogP contribution in [0.15, 0.2) is 34.9 Å². The van der Waals surface area contributed by atoms with E-state index in [1.54, 1.807) is 6.26 Å². The molecule has 20 heavy (non-hydrogen) atoms. The molecular formula is C16H17NO3. The van der Waals surface area contributed by atoms with Crippen molar-refractivity contribution in [1.29, 1.82) is 0 Å². The molecule has 0 radical (unpaired) electrons. The van der Waals surface area contributed by atoms with Gasteiger partial charge in [0.15, 0.2) is 0 Å². The van der Waals surface area contributed by atoms with Crippen LogP contribution < -0.4 is 5.32 Å². The van der Waals surface area contributed by atoms with Crippen LogP contribution in [0.2, 0.25) is 0 Å². The molecule has 2 N–H and O–H groups in total. The summed E-state index contributed by atoms with van der Waals surface area (Å²) in [5.74, 6) is 0.859. The van der Waals surface area contributed by atoms with Crippen molar-refractivity contribution in [2.45, 2.75) is 32.3 Å². The molecule has 0 aliphatic carbocycles. The van der Waals surface area contributed by atoms with E-state index in [2.05, 4.69) is 5.32 Å². The zero-order chi connectivity index (χ0) is 14.1. The monoisotopic (exact) mass is 271 g/mol. The van der Waals surface area contributed by atoms with Crippen molar-refractivity contribution in [3.8, 4) is 0 Å². The van der Waals surface area contributed by atoms with Gasteiger partial charge in [0.2, 0.25) is 5.91 Å². The fraction of sp³-hybridized carbons (Fsp3) is 0.312. The van der Waals surface area contributed by atoms with Gasteiger partial charge in [0, 0.05) is 24.1 Å². The highest BCUT2D eigenvalue weighted by molar-refractivity contribution is 5.93. The molecular weight excluding hydrogens is 254 g/mol. The molecule has 2 heterocycles. The van der Waals surface area contributed by atoms with Gasteiger partial charge in [-0.3, -0.25) is 4.79 Å². The highest BCUT2D eigenvalue weighted by Crippen LogP contribution is 2.30. The fourth-order valence-corrected chi connectivity index (χ4v) is 2.63. The molecule has 0 saturated carbocycles. The molecule has 1 aromatic heterocycles. The minimum atomic E-state index is -0.688. The Balaban J connectivity index is 1.93. The first-order valence-corrected chi connectivity index (χ1v) is 6.86. The van der Waals surface area contributed by atoms with Crippen LogP contribution in [0.1, 0.15) is 41.9 Å². The summed E-state index contributed by atoms with van der Waals surface area (Å²) < 4.78 is 5.37. The van der Waals surface area contributed by atoms with Crippen molar-refractivity contribution in [3.05, 3.63) is 53.0 Å². The second-order valence-corrected chi connectivity index (χ2v) is 5.02. The first-order valence-electron chi connectivity index (χ1n) is 6.86. The third kappa shape index (κ3) is 2.23. The minimum absolute atomic E-state index is 0.0499. The van der Waals surface area contributed by atoms with Crippen LogP contribution in [0.4, 0.5) is 5.69 Å². The van der Waals surface area contributed by atoms with E-state index in [1.165, 1.54) is 0 Å². The Kier molecular flexibility index (Phi) is 3.32. The Labute approximate surface area is 117 Å². The van der Waals surface area contributed by atoms with Gasteiger partial charge in [-0.25, -0.2) is 0 Å². The van der Waals surface area contributed by atoms with E-state index in [0.29, 0.717) is 12.8 Å². The molecule has 2 aromatic rings. The second kappa shape index (κ2) is 5.13. The normalized spacial score (nSPS) is 15.6. The molecule has 1 amide bonds. The number of aryl methyl sites for hydroxylation is 2. The largest absolute Gasteiger partial charge is 0.469 e. The topological polar surface area (TPSA) is 62.5 Å². The van der Waals surface area contributed by atoms with Crippen LogP contribution in [0.3, 0.4) is 0 Å². The van der Waals surface area contributed by atoms with Crippen LogP contribution in [-0.4, -0.2) is 11.0 Å². The lowest BCUT2D eigenvalue weighted by Crippen LogP contribution is -2.19. The fourth-order valence-electron chi connectivity index (χ4n) is 2.63. The molecule has 104 valence electrons. The summed E-state index contributed by atoms with van der Waals surface area (Å²) in [4.78, 5) is 11.3. The number of amides is 1. The van der Waals surface area contributed by atoms with Gasteiger partial charge in [-0.05, 0) is 29.7 Å². The quantitative estimate of drug-likeness (QED) is 0.902. The van der Waals surface area contributed by atoms with Gasteiger partial charge in [0.05, 0.1) is 6.26 Å². The molecule has 1 aromatic carbocycles. The molecule has 1 atom stereocenters. The van der Waals surface area contributed by atoms with E-state index < -0.39 is 6.10 Å². The summed E-state index contributed by atoms with van der Waals surface area (Å²) in [7, 11) is 0. The van der Waals surface area contributed by atoms with E-state index >= 15 is 0 Å². The first-order chi connectivity index (χ1) is 9.69. The number of hydrogen-bond donors (Lipinski definition) is 2. The van der Waals surface area contributed by atoms with E-state index in [4.69, 9.17) is 4.42 Å². The second-order valence-electron chi connectivity index (χ2n) is 5.02. The molecule has 0 bridgehead atoms. The van der Waals surface area contributed by atoms with Crippen molar-refractivity contribution < 1.29 is 14.3 Å². The number of rotatable bonds is 3. The lowest BCUT2D eigenvalue weighted by molar-refractivity contribution is -0.116. The third-order valence-electron chi connectivity index (χ3n) is 3.74. The molecule has 1 aliphatic rings. The number of anilines is 1. The maximum atomic E-state index is 11.3. The van der Waals surface area contributed by atoms with E-state index in [1.807, 2.05) is 31.2 Å². The average Bonchev–Trinajstić information content (AvgIpc) is 2.94. The molecule has 3 rings (SSSR count). The van der Waals surface area contributed by atoms with Crippen LogP contribution in [-0.2, 0) is 17.6 Å². The van der Waals surface area contributed by atoms with Crippen molar-refractivity contribution >= 4 is 11.6 Å². The molecule has 1 aliphatic heterocycles. The van der Waals surface area contributed by atoms with Gasteiger partial charge >= 0.3 is 0 Å². The lowest BCUT2D eigenvalue weighted by Gasteiger charge is -2.19. The van der Waals surface area contributed by atoms with Gasteiger partial charge in [0.1, 0.15) is 11.9 Å². The minimum Gasteiger partial charge on any atom is -0.469 e. The van der Waals surface area contributed by atoms with Crippen molar-refractivity contribution in [2.24, 2.45) is 0 Å². The van der Waals surface area contributed by atoms with Crippen LogP contribution in [0.5, 0.6) is 0 Å². The summed E-state index contributed by atoms with van der Waals surface area (Å²) in [6.07, 6.45) is 2.88. The first kappa shape index (κ1) is 12.9. The molecule has 0 fully saturated rings. The number of aliphatic hydroxyl groups excluding tert-OH is 1. The van der Waals surface area contributed by atoms with Gasteiger partial charge < -0.3 is 14.8 Å². The Hall–Kier alpha value is -2.07. The number of benzene rings is 1. The summed E-state index contributed by atoms with van der Waals surface area (Å²) in [5.41, 5.74) is 3.56. The smallest absolute Gasteiger partial charge is 0.224 e. The zero-order valence-electron chi connectivity index (χ0n) is 11.3. The summed E-state index contributed by atoms with van der Waals surface area (Å²) in [6, 6.07) is 7.48. The van der Waals surface area contributed by atoms with Crippen molar-refractivity contribution in [1.82, 2.24) is 0 Å². The highest BCUT2D eigenvalue weighted by Gasteiger charge is 2.20.